The first-order chi connectivity index (χ1) is 13.6. The molecule has 0 amide bonds. The van der Waals surface area contributed by atoms with Crippen molar-refractivity contribution in [2.45, 2.75) is 26.7 Å². The number of ether oxygens (including phenoxy) is 3. The molecule has 0 saturated carbocycles. The molecular formula is C19H28N6O3. The summed E-state index contributed by atoms with van der Waals surface area (Å²) in [5.41, 5.74) is 8.85. The van der Waals surface area contributed by atoms with E-state index in [9.17, 15) is 0 Å². The maximum absolute atomic E-state index is 5.89. The summed E-state index contributed by atoms with van der Waals surface area (Å²) < 4.78 is 18.6. The second kappa shape index (κ2) is 9.03. The monoisotopic (exact) mass is 388 g/mol. The first kappa shape index (κ1) is 20.1. The van der Waals surface area contributed by atoms with Crippen LogP contribution in [0.25, 0.3) is 16.7 Å². The zero-order valence-corrected chi connectivity index (χ0v) is 16.9. The Balaban J connectivity index is 2.13. The van der Waals surface area contributed by atoms with E-state index in [1.807, 2.05) is 24.3 Å². The lowest BCUT2D eigenvalue weighted by molar-refractivity contribution is 0.144. The molecule has 0 saturated heterocycles. The molecule has 2 heterocycles. The maximum Gasteiger partial charge on any atom is 0.204 e. The summed E-state index contributed by atoms with van der Waals surface area (Å²) in [6.07, 6.45) is 1.92. The topological polar surface area (TPSA) is 109 Å². The van der Waals surface area contributed by atoms with Gasteiger partial charge in [-0.2, -0.15) is 0 Å². The fourth-order valence-electron chi connectivity index (χ4n) is 3.21. The van der Waals surface area contributed by atoms with Gasteiger partial charge in [0.25, 0.3) is 0 Å². The molecule has 0 radical (unpaired) electrons. The van der Waals surface area contributed by atoms with E-state index in [1.165, 1.54) is 0 Å². The van der Waals surface area contributed by atoms with E-state index in [0.717, 1.165) is 41.8 Å². The van der Waals surface area contributed by atoms with Crippen molar-refractivity contribution in [2.24, 2.45) is 5.73 Å². The van der Waals surface area contributed by atoms with Gasteiger partial charge in [-0.3, -0.25) is 4.40 Å². The number of rotatable bonds is 10. The van der Waals surface area contributed by atoms with Crippen LogP contribution in [0.4, 0.5) is 5.82 Å². The molecule has 0 aliphatic rings. The third kappa shape index (κ3) is 3.81. The summed E-state index contributed by atoms with van der Waals surface area (Å²) in [4.78, 5) is 4.83. The van der Waals surface area contributed by atoms with Crippen LogP contribution in [0.3, 0.4) is 0 Å². The van der Waals surface area contributed by atoms with Crippen molar-refractivity contribution in [1.82, 2.24) is 19.6 Å². The van der Waals surface area contributed by atoms with Crippen molar-refractivity contribution in [3.05, 3.63) is 17.5 Å². The summed E-state index contributed by atoms with van der Waals surface area (Å²) in [7, 11) is 3.27. The number of benzene rings is 1. The Labute approximate surface area is 164 Å². The minimum Gasteiger partial charge on any atom is -0.493 e. The van der Waals surface area contributed by atoms with Crippen LogP contribution in [0.15, 0.2) is 6.07 Å². The van der Waals surface area contributed by atoms with Crippen molar-refractivity contribution in [3.63, 3.8) is 0 Å². The summed E-state index contributed by atoms with van der Waals surface area (Å²) in [6.45, 7) is 6.26. The van der Waals surface area contributed by atoms with Crippen molar-refractivity contribution in [3.8, 4) is 11.5 Å². The highest BCUT2D eigenvalue weighted by Crippen LogP contribution is 2.37. The van der Waals surface area contributed by atoms with Gasteiger partial charge in [0.15, 0.2) is 17.3 Å². The fraction of sp³-hybridized carbons (Fsp3) is 0.526. The van der Waals surface area contributed by atoms with Crippen molar-refractivity contribution in [1.29, 1.82) is 0 Å². The second-order valence-electron chi connectivity index (χ2n) is 6.53. The third-order valence-electron chi connectivity index (χ3n) is 4.60. The molecule has 2 aromatic heterocycles. The Morgan fingerprint density at radius 1 is 1.14 bits per heavy atom. The quantitative estimate of drug-likeness (QED) is 0.508. The predicted octanol–water partition coefficient (Wildman–Crippen LogP) is 2.08. The third-order valence-corrected chi connectivity index (χ3v) is 4.60. The van der Waals surface area contributed by atoms with E-state index >= 15 is 0 Å². The Kier molecular flexibility index (Phi) is 6.48. The molecule has 0 spiro atoms. The highest BCUT2D eigenvalue weighted by atomic mass is 16.5. The van der Waals surface area contributed by atoms with E-state index < -0.39 is 0 Å². The number of nitrogens with one attached hydrogen (secondary N) is 1. The zero-order valence-electron chi connectivity index (χ0n) is 16.9. The summed E-state index contributed by atoms with van der Waals surface area (Å²) in [6, 6.07) is 1.92. The van der Waals surface area contributed by atoms with Gasteiger partial charge < -0.3 is 25.3 Å². The van der Waals surface area contributed by atoms with Gasteiger partial charge in [0.1, 0.15) is 12.4 Å². The Morgan fingerprint density at radius 2 is 1.96 bits per heavy atom. The number of nitrogens with zero attached hydrogens (tertiary/aromatic N) is 4. The number of unbranched alkanes of at least 4 members (excludes halogenated alkanes) is 1. The lowest BCUT2D eigenvalue weighted by atomic mass is 10.1. The molecule has 0 aliphatic heterocycles. The lowest BCUT2D eigenvalue weighted by Crippen LogP contribution is -2.10. The number of hydrogen-bond donors (Lipinski definition) is 2. The molecule has 0 aliphatic carbocycles. The molecule has 3 aromatic rings. The van der Waals surface area contributed by atoms with Gasteiger partial charge in [-0.05, 0) is 33.2 Å². The number of nitrogens with two attached hydrogens (primary N) is 1. The van der Waals surface area contributed by atoms with Crippen LogP contribution in [0.2, 0.25) is 0 Å². The number of hydrogen-bond acceptors (Lipinski definition) is 8. The van der Waals surface area contributed by atoms with Gasteiger partial charge in [-0.25, -0.2) is 4.98 Å². The van der Waals surface area contributed by atoms with Crippen LogP contribution in [0.5, 0.6) is 11.5 Å². The largest absolute Gasteiger partial charge is 0.493 e. The molecule has 0 fully saturated rings. The fourth-order valence-corrected chi connectivity index (χ4v) is 3.21. The molecule has 28 heavy (non-hydrogen) atoms. The standard InChI is InChI=1S/C19H28N6O3/c1-12-16-14(11-15(17(12)27-4)28-10-9-26-3)25-13(2)23-24-19(25)18(22-16)21-8-6-5-7-20/h11H,5-10,20H2,1-4H3,(H,21,22). The van der Waals surface area contributed by atoms with Crippen LogP contribution in [-0.4, -0.2) is 60.1 Å². The molecule has 9 heteroatoms. The van der Waals surface area contributed by atoms with Crippen LogP contribution >= 0.6 is 0 Å². The molecule has 0 atom stereocenters. The Bertz CT molecular complexity index is 956. The average Bonchev–Trinajstić information content (AvgIpc) is 3.08. The van der Waals surface area contributed by atoms with Gasteiger partial charge in [0, 0.05) is 25.3 Å². The van der Waals surface area contributed by atoms with Crippen molar-refractivity contribution >= 4 is 22.5 Å². The zero-order chi connectivity index (χ0) is 20.1. The molecular weight excluding hydrogens is 360 g/mol. The summed E-state index contributed by atoms with van der Waals surface area (Å²) in [5.74, 6) is 2.78. The second-order valence-corrected chi connectivity index (χ2v) is 6.53. The first-order valence-corrected chi connectivity index (χ1v) is 9.41. The number of methoxy groups -OCH3 is 2. The van der Waals surface area contributed by atoms with Crippen LogP contribution in [0.1, 0.15) is 24.2 Å². The maximum atomic E-state index is 5.89. The number of anilines is 1. The lowest BCUT2D eigenvalue weighted by Gasteiger charge is -2.17. The summed E-state index contributed by atoms with van der Waals surface area (Å²) >= 11 is 0. The van der Waals surface area contributed by atoms with Gasteiger partial charge in [-0.15, -0.1) is 10.2 Å². The Morgan fingerprint density at radius 3 is 2.68 bits per heavy atom. The van der Waals surface area contributed by atoms with E-state index in [4.69, 9.17) is 24.9 Å². The number of aromatic nitrogens is 4. The van der Waals surface area contributed by atoms with Gasteiger partial charge in [0.2, 0.25) is 5.65 Å². The number of fused-ring (bicyclic) bond motifs is 3. The van der Waals surface area contributed by atoms with E-state index in [0.29, 0.717) is 42.7 Å². The van der Waals surface area contributed by atoms with Crippen LogP contribution < -0.4 is 20.5 Å². The van der Waals surface area contributed by atoms with Gasteiger partial charge >= 0.3 is 0 Å². The van der Waals surface area contributed by atoms with Crippen molar-refractivity contribution < 1.29 is 14.2 Å². The molecule has 0 bridgehead atoms. The smallest absolute Gasteiger partial charge is 0.204 e. The van der Waals surface area contributed by atoms with Crippen molar-refractivity contribution in [2.75, 3.05) is 45.8 Å². The minimum absolute atomic E-state index is 0.427. The molecule has 3 rings (SSSR count). The highest BCUT2D eigenvalue weighted by Gasteiger charge is 2.19. The van der Waals surface area contributed by atoms with Gasteiger partial charge in [-0.1, -0.05) is 0 Å². The highest BCUT2D eigenvalue weighted by molar-refractivity contribution is 5.89. The molecule has 9 nitrogen and oxygen atoms in total. The molecule has 3 N–H and O–H groups in total. The average molecular weight is 388 g/mol. The van der Waals surface area contributed by atoms with Gasteiger partial charge in [0.05, 0.1) is 24.8 Å². The molecule has 1 aromatic carbocycles. The van der Waals surface area contributed by atoms with E-state index in [1.54, 1.807) is 14.2 Å². The van der Waals surface area contributed by atoms with E-state index in [2.05, 4.69) is 15.5 Å². The SMILES string of the molecule is COCCOc1cc2c(nc(NCCCCN)c3nnc(C)n32)c(C)c1OC. The predicted molar refractivity (Wildman–Crippen MR) is 108 cm³/mol. The van der Waals surface area contributed by atoms with E-state index in [-0.39, 0.29) is 0 Å². The Hall–Kier alpha value is -2.65. The molecule has 152 valence electrons. The van der Waals surface area contributed by atoms with Crippen LogP contribution in [-0.2, 0) is 4.74 Å². The first-order valence-electron chi connectivity index (χ1n) is 9.41. The minimum atomic E-state index is 0.427. The number of aryl methyl sites for hydroxylation is 2. The summed E-state index contributed by atoms with van der Waals surface area (Å²) in [5, 5.41) is 11.9. The van der Waals surface area contributed by atoms with Crippen LogP contribution in [0, 0.1) is 13.8 Å². The molecule has 0 unspecified atom stereocenters. The normalized spacial score (nSPS) is 11.3.